The van der Waals surface area contributed by atoms with Crippen LogP contribution in [0.4, 0.5) is 20.3 Å². The van der Waals surface area contributed by atoms with Crippen LogP contribution in [0.15, 0.2) is 55.0 Å². The lowest BCUT2D eigenvalue weighted by Crippen LogP contribution is -2.13. The van der Waals surface area contributed by atoms with E-state index in [-0.39, 0.29) is 17.2 Å². The van der Waals surface area contributed by atoms with E-state index in [9.17, 15) is 13.6 Å². The molecule has 1 aliphatic rings. The maximum Gasteiger partial charge on any atom is 0.255 e. The lowest BCUT2D eigenvalue weighted by molar-refractivity contribution is 0.102. The number of nitrogens with one attached hydrogen (secondary N) is 1. The molecule has 8 heteroatoms. The van der Waals surface area contributed by atoms with Gasteiger partial charge in [0.1, 0.15) is 5.52 Å². The van der Waals surface area contributed by atoms with E-state index in [1.165, 1.54) is 18.5 Å². The van der Waals surface area contributed by atoms with E-state index in [0.29, 0.717) is 35.2 Å². The summed E-state index contributed by atoms with van der Waals surface area (Å²) in [7, 11) is 0. The third-order valence-corrected chi connectivity index (χ3v) is 5.67. The summed E-state index contributed by atoms with van der Waals surface area (Å²) in [5.74, 6) is -1.20. The van der Waals surface area contributed by atoms with Crippen molar-refractivity contribution >= 4 is 28.3 Å². The van der Waals surface area contributed by atoms with Crippen LogP contribution < -0.4 is 11.1 Å². The molecule has 160 valence electrons. The molecule has 1 fully saturated rings. The molecule has 4 aromatic rings. The smallest absolute Gasteiger partial charge is 0.255 e. The highest BCUT2D eigenvalue weighted by Crippen LogP contribution is 2.48. The molecule has 6 nitrogen and oxygen atoms in total. The summed E-state index contributed by atoms with van der Waals surface area (Å²) >= 11 is 0. The van der Waals surface area contributed by atoms with Gasteiger partial charge in [0.15, 0.2) is 17.3 Å². The molecule has 3 N–H and O–H groups in total. The molecule has 3 aromatic heterocycles. The van der Waals surface area contributed by atoms with Gasteiger partial charge in [-0.3, -0.25) is 14.8 Å². The van der Waals surface area contributed by atoms with E-state index >= 15 is 0 Å². The molecule has 1 aliphatic carbocycles. The highest BCUT2D eigenvalue weighted by atomic mass is 19.1. The first-order valence-electron chi connectivity index (χ1n) is 10.1. The van der Waals surface area contributed by atoms with Crippen LogP contribution in [0.1, 0.15) is 34.5 Å². The third kappa shape index (κ3) is 3.53. The predicted molar refractivity (Wildman–Crippen MR) is 118 cm³/mol. The molecule has 5 rings (SSSR count). The van der Waals surface area contributed by atoms with Crippen LogP contribution in [0.5, 0.6) is 0 Å². The molecule has 0 atom stereocenters. The first-order chi connectivity index (χ1) is 15.3. The minimum Gasteiger partial charge on any atom is -0.381 e. The van der Waals surface area contributed by atoms with Crippen molar-refractivity contribution in [2.24, 2.45) is 0 Å². The number of hydrogen-bond donors (Lipinski definition) is 2. The molecule has 3 heterocycles. The molecule has 1 aromatic carbocycles. The molecule has 1 amide bonds. The second kappa shape index (κ2) is 7.33. The Labute approximate surface area is 182 Å². The number of aromatic nitrogens is 3. The van der Waals surface area contributed by atoms with Crippen LogP contribution in [0.3, 0.4) is 0 Å². The fourth-order valence-electron chi connectivity index (χ4n) is 3.62. The van der Waals surface area contributed by atoms with Gasteiger partial charge in [0.05, 0.1) is 5.69 Å². The second-order valence-corrected chi connectivity index (χ2v) is 8.00. The summed E-state index contributed by atoms with van der Waals surface area (Å²) in [6.45, 7) is 1.93. The Morgan fingerprint density at radius 1 is 1.09 bits per heavy atom. The van der Waals surface area contributed by atoms with Gasteiger partial charge in [-0.25, -0.2) is 13.8 Å². The fourth-order valence-corrected chi connectivity index (χ4v) is 3.62. The van der Waals surface area contributed by atoms with Gasteiger partial charge in [-0.15, -0.1) is 0 Å². The molecule has 0 radical (unpaired) electrons. The van der Waals surface area contributed by atoms with Crippen molar-refractivity contribution in [3.8, 4) is 11.1 Å². The minimum absolute atomic E-state index is 0.151. The van der Waals surface area contributed by atoms with Crippen LogP contribution >= 0.6 is 0 Å². The number of benzene rings is 1. The zero-order valence-corrected chi connectivity index (χ0v) is 17.2. The van der Waals surface area contributed by atoms with Gasteiger partial charge in [-0.1, -0.05) is 6.07 Å². The lowest BCUT2D eigenvalue weighted by atomic mass is 10.00. The van der Waals surface area contributed by atoms with E-state index in [4.69, 9.17) is 5.73 Å². The molecule has 0 aliphatic heterocycles. The fraction of sp³-hybridized carbons (Fsp3) is 0.167. The number of fused-ring (bicyclic) bond motifs is 1. The summed E-state index contributed by atoms with van der Waals surface area (Å²) in [6, 6.07) is 10.3. The number of nitrogen functional groups attached to an aromatic ring is 1. The Morgan fingerprint density at radius 2 is 1.91 bits per heavy atom. The zero-order valence-electron chi connectivity index (χ0n) is 17.2. The van der Waals surface area contributed by atoms with Gasteiger partial charge in [-0.2, -0.15) is 0 Å². The van der Waals surface area contributed by atoms with Crippen molar-refractivity contribution in [1.82, 2.24) is 15.0 Å². The number of nitrogens with zero attached hydrogens (tertiary/aromatic N) is 3. The van der Waals surface area contributed by atoms with Crippen molar-refractivity contribution in [1.29, 1.82) is 0 Å². The SMILES string of the molecule is Cc1ccc(NC(=O)c2ccnc(C3(F)CC3)c2)cc1-c1cnc2c(F)c(N)ncc2c1. The van der Waals surface area contributed by atoms with Crippen molar-refractivity contribution in [2.75, 3.05) is 11.1 Å². The van der Waals surface area contributed by atoms with Crippen LogP contribution in [0.2, 0.25) is 0 Å². The first kappa shape index (κ1) is 20.0. The van der Waals surface area contributed by atoms with Gasteiger partial charge in [-0.05, 0) is 61.2 Å². The summed E-state index contributed by atoms with van der Waals surface area (Å²) in [6.07, 6.45) is 5.34. The number of anilines is 2. The molecule has 1 saturated carbocycles. The van der Waals surface area contributed by atoms with E-state index < -0.39 is 11.5 Å². The number of nitrogens with two attached hydrogens (primary N) is 1. The largest absolute Gasteiger partial charge is 0.381 e. The van der Waals surface area contributed by atoms with Crippen molar-refractivity contribution in [3.63, 3.8) is 0 Å². The molecule has 0 unspecified atom stereocenters. The number of halogens is 2. The highest BCUT2D eigenvalue weighted by Gasteiger charge is 2.46. The first-order valence-corrected chi connectivity index (χ1v) is 10.1. The number of carbonyl (C=O) groups is 1. The van der Waals surface area contributed by atoms with E-state index in [2.05, 4.69) is 20.3 Å². The normalized spacial score (nSPS) is 14.3. The predicted octanol–water partition coefficient (Wildman–Crippen LogP) is 4.93. The van der Waals surface area contributed by atoms with Crippen LogP contribution in [-0.2, 0) is 5.67 Å². The maximum absolute atomic E-state index is 14.3. The van der Waals surface area contributed by atoms with E-state index in [0.717, 1.165) is 16.7 Å². The number of alkyl halides is 1. The third-order valence-electron chi connectivity index (χ3n) is 5.67. The van der Waals surface area contributed by atoms with Crippen LogP contribution in [-0.4, -0.2) is 20.9 Å². The van der Waals surface area contributed by atoms with Crippen molar-refractivity contribution in [2.45, 2.75) is 25.4 Å². The Hall–Kier alpha value is -3.94. The average molecular weight is 431 g/mol. The quantitative estimate of drug-likeness (QED) is 0.478. The summed E-state index contributed by atoms with van der Waals surface area (Å²) in [4.78, 5) is 24.9. The monoisotopic (exact) mass is 431 g/mol. The molecular weight excluding hydrogens is 412 g/mol. The summed E-state index contributed by atoms with van der Waals surface area (Å²) in [5.41, 5.74) is 7.98. The van der Waals surface area contributed by atoms with Gasteiger partial charge >= 0.3 is 0 Å². The van der Waals surface area contributed by atoms with E-state index in [1.807, 2.05) is 19.1 Å². The van der Waals surface area contributed by atoms with Crippen molar-refractivity contribution in [3.05, 3.63) is 77.6 Å². The Morgan fingerprint density at radius 3 is 2.69 bits per heavy atom. The van der Waals surface area contributed by atoms with E-state index in [1.54, 1.807) is 24.4 Å². The number of amides is 1. The minimum atomic E-state index is -1.41. The molecule has 0 saturated heterocycles. The van der Waals surface area contributed by atoms with Crippen LogP contribution in [0.25, 0.3) is 22.0 Å². The average Bonchev–Trinajstić information content (AvgIpc) is 3.56. The van der Waals surface area contributed by atoms with Crippen molar-refractivity contribution < 1.29 is 13.6 Å². The maximum atomic E-state index is 14.3. The molecule has 0 spiro atoms. The summed E-state index contributed by atoms with van der Waals surface area (Å²) in [5, 5.41) is 3.37. The highest BCUT2D eigenvalue weighted by molar-refractivity contribution is 6.04. The number of aryl methyl sites for hydroxylation is 1. The lowest BCUT2D eigenvalue weighted by Gasteiger charge is -2.12. The number of carbonyl (C=O) groups excluding carboxylic acids is 1. The van der Waals surface area contributed by atoms with Gasteiger partial charge in [0.2, 0.25) is 0 Å². The molecule has 32 heavy (non-hydrogen) atoms. The molecular formula is C24H19F2N5O. The number of rotatable bonds is 4. The Balaban J connectivity index is 1.45. The Bertz CT molecular complexity index is 1380. The molecule has 0 bridgehead atoms. The number of pyridine rings is 3. The topological polar surface area (TPSA) is 93.8 Å². The second-order valence-electron chi connectivity index (χ2n) is 8.00. The van der Waals surface area contributed by atoms with Gasteiger partial charge < -0.3 is 11.1 Å². The van der Waals surface area contributed by atoms with Crippen LogP contribution in [0, 0.1) is 12.7 Å². The van der Waals surface area contributed by atoms with Gasteiger partial charge in [0.25, 0.3) is 5.91 Å². The number of hydrogen-bond acceptors (Lipinski definition) is 5. The zero-order chi connectivity index (χ0) is 22.5. The summed E-state index contributed by atoms with van der Waals surface area (Å²) < 4.78 is 28.5. The standard InChI is InChI=1S/C24H19F2N5O/c1-13-2-3-17(31-23(32)14-4-7-28-19(9-14)24(26)5-6-24)10-18(13)15-8-16-12-30-22(27)20(25)21(16)29-11-15/h2-4,7-12H,5-6H2,1H3,(H2,27,30)(H,31,32). The Kier molecular flexibility index (Phi) is 4.58. The van der Waals surface area contributed by atoms with Gasteiger partial charge in [0, 0.05) is 40.8 Å².